The first kappa shape index (κ1) is 16.4. The highest BCUT2D eigenvalue weighted by Crippen LogP contribution is 2.37. The van der Waals surface area contributed by atoms with Gasteiger partial charge in [0.15, 0.2) is 6.20 Å². The molecule has 0 aliphatic heterocycles. The van der Waals surface area contributed by atoms with E-state index in [-0.39, 0.29) is 0 Å². The van der Waals surface area contributed by atoms with Crippen LogP contribution in [0.5, 0.6) is 0 Å². The van der Waals surface area contributed by atoms with E-state index < -0.39 is 0 Å². The first-order valence-corrected chi connectivity index (χ1v) is 8.85. The number of rotatable bonds is 2. The van der Waals surface area contributed by atoms with Crippen LogP contribution < -0.4 is 4.57 Å². The largest absolute Gasteiger partial charge is 0.456 e. The number of hydrogen-bond acceptors (Lipinski definition) is 2. The fraction of sp³-hybridized carbons (Fsp3) is 0.217. The molecule has 0 aliphatic carbocycles. The Morgan fingerprint density at radius 2 is 1.88 bits per heavy atom. The maximum Gasteiger partial charge on any atom is 0.212 e. The number of aromatic nitrogens is 1. The van der Waals surface area contributed by atoms with Gasteiger partial charge in [-0.1, -0.05) is 13.8 Å². The lowest BCUT2D eigenvalue weighted by molar-refractivity contribution is -0.660. The standard InChI is InChI=1S/C23H21N2O/c1-14(2)16-10-17(13-24)23-19-12-18(20-7-5-6-8-25(20)4)15(3)9-21(19)26-22(23)11-16/h5-12,14H,1-4H3/q+1. The first-order valence-electron chi connectivity index (χ1n) is 8.85. The second-order valence-corrected chi connectivity index (χ2v) is 7.17. The zero-order valence-electron chi connectivity index (χ0n) is 15.5. The smallest absolute Gasteiger partial charge is 0.212 e. The molecule has 4 aromatic rings. The Balaban J connectivity index is 2.08. The molecule has 128 valence electrons. The molecule has 0 spiro atoms. The summed E-state index contributed by atoms with van der Waals surface area (Å²) in [7, 11) is 2.04. The van der Waals surface area contributed by atoms with Gasteiger partial charge in [-0.2, -0.15) is 5.26 Å². The van der Waals surface area contributed by atoms with E-state index in [9.17, 15) is 5.26 Å². The number of pyridine rings is 1. The quantitative estimate of drug-likeness (QED) is 0.459. The van der Waals surface area contributed by atoms with Crippen molar-refractivity contribution >= 4 is 21.9 Å². The third-order valence-corrected chi connectivity index (χ3v) is 5.06. The van der Waals surface area contributed by atoms with E-state index in [2.05, 4.69) is 55.7 Å². The summed E-state index contributed by atoms with van der Waals surface area (Å²) in [6, 6.07) is 16.8. The zero-order chi connectivity index (χ0) is 18.4. The van der Waals surface area contributed by atoms with Crippen molar-refractivity contribution in [2.24, 2.45) is 7.05 Å². The fourth-order valence-corrected chi connectivity index (χ4v) is 3.58. The maximum atomic E-state index is 9.71. The average Bonchev–Trinajstić information content (AvgIpc) is 2.97. The van der Waals surface area contributed by atoms with Crippen LogP contribution in [-0.2, 0) is 7.05 Å². The topological polar surface area (TPSA) is 40.8 Å². The molecule has 4 rings (SSSR count). The third kappa shape index (κ3) is 2.46. The number of nitriles is 1. The number of hydrogen-bond donors (Lipinski definition) is 0. The molecule has 0 radical (unpaired) electrons. The summed E-state index contributed by atoms with van der Waals surface area (Å²) < 4.78 is 8.24. The van der Waals surface area contributed by atoms with Gasteiger partial charge in [0, 0.05) is 28.5 Å². The molecular formula is C23H21N2O+. The summed E-state index contributed by atoms with van der Waals surface area (Å²) >= 11 is 0. The van der Waals surface area contributed by atoms with Crippen molar-refractivity contribution in [2.75, 3.05) is 0 Å². The SMILES string of the molecule is Cc1cc2oc3cc(C(C)C)cc(C#N)c3c2cc1-c1cccc[n+]1C. The Hall–Kier alpha value is -3.12. The van der Waals surface area contributed by atoms with Gasteiger partial charge in [0.2, 0.25) is 5.69 Å². The van der Waals surface area contributed by atoms with Crippen molar-refractivity contribution in [3.63, 3.8) is 0 Å². The lowest BCUT2D eigenvalue weighted by atomic mass is 9.96. The van der Waals surface area contributed by atoms with Crippen LogP contribution in [0.3, 0.4) is 0 Å². The number of fused-ring (bicyclic) bond motifs is 3. The second kappa shape index (κ2) is 6.00. The van der Waals surface area contributed by atoms with E-state index in [4.69, 9.17) is 4.42 Å². The molecule has 0 fully saturated rings. The molecule has 0 N–H and O–H groups in total. The van der Waals surface area contributed by atoms with E-state index in [1.165, 1.54) is 0 Å². The van der Waals surface area contributed by atoms with Crippen molar-refractivity contribution in [3.05, 3.63) is 65.4 Å². The predicted molar refractivity (Wildman–Crippen MR) is 104 cm³/mol. The zero-order valence-corrected chi connectivity index (χ0v) is 15.5. The molecule has 2 aromatic carbocycles. The normalized spacial score (nSPS) is 11.4. The number of nitrogens with zero attached hydrogens (tertiary/aromatic N) is 2. The molecule has 3 heteroatoms. The molecule has 0 bridgehead atoms. The second-order valence-electron chi connectivity index (χ2n) is 7.17. The van der Waals surface area contributed by atoms with Gasteiger partial charge in [0.05, 0.1) is 11.6 Å². The predicted octanol–water partition coefficient (Wildman–Crippen LogP) is 5.38. The third-order valence-electron chi connectivity index (χ3n) is 5.06. The molecule has 3 nitrogen and oxygen atoms in total. The van der Waals surface area contributed by atoms with Crippen LogP contribution in [-0.4, -0.2) is 0 Å². The molecule has 0 unspecified atom stereocenters. The first-order chi connectivity index (χ1) is 12.5. The molecule has 26 heavy (non-hydrogen) atoms. The molecule has 0 aliphatic rings. The van der Waals surface area contributed by atoms with Gasteiger partial charge in [0.1, 0.15) is 18.2 Å². The van der Waals surface area contributed by atoms with Crippen LogP contribution in [0.15, 0.2) is 53.1 Å². The molecule has 2 heterocycles. The Labute approximate surface area is 153 Å². The molecule has 0 saturated carbocycles. The summed E-state index contributed by atoms with van der Waals surface area (Å²) in [5, 5.41) is 11.6. The van der Waals surface area contributed by atoms with Gasteiger partial charge < -0.3 is 4.42 Å². The van der Waals surface area contributed by atoms with E-state index in [1.54, 1.807) is 0 Å². The van der Waals surface area contributed by atoms with Crippen molar-refractivity contribution in [2.45, 2.75) is 26.7 Å². The highest BCUT2D eigenvalue weighted by atomic mass is 16.3. The summed E-state index contributed by atoms with van der Waals surface area (Å²) in [6.45, 7) is 6.35. The lowest BCUT2D eigenvalue weighted by Gasteiger charge is -2.06. The summed E-state index contributed by atoms with van der Waals surface area (Å²) in [5.41, 5.74) is 6.87. The molecule has 0 amide bonds. The monoisotopic (exact) mass is 341 g/mol. The van der Waals surface area contributed by atoms with Crippen molar-refractivity contribution in [1.29, 1.82) is 5.26 Å². The van der Waals surface area contributed by atoms with Crippen LogP contribution in [0.4, 0.5) is 0 Å². The van der Waals surface area contributed by atoms with Gasteiger partial charge in [-0.15, -0.1) is 0 Å². The van der Waals surface area contributed by atoms with E-state index >= 15 is 0 Å². The van der Waals surface area contributed by atoms with Gasteiger partial charge in [0.25, 0.3) is 0 Å². The number of aryl methyl sites for hydroxylation is 2. The lowest BCUT2D eigenvalue weighted by Crippen LogP contribution is -2.30. The van der Waals surface area contributed by atoms with Crippen molar-refractivity contribution in [1.82, 2.24) is 0 Å². The summed E-state index contributed by atoms with van der Waals surface area (Å²) in [5.74, 6) is 0.348. The van der Waals surface area contributed by atoms with Crippen LogP contribution in [0.2, 0.25) is 0 Å². The van der Waals surface area contributed by atoms with E-state index in [1.807, 2.05) is 31.4 Å². The van der Waals surface area contributed by atoms with Crippen LogP contribution >= 0.6 is 0 Å². The van der Waals surface area contributed by atoms with Crippen LogP contribution in [0.25, 0.3) is 33.2 Å². The fourth-order valence-electron chi connectivity index (χ4n) is 3.58. The minimum atomic E-state index is 0.348. The summed E-state index contributed by atoms with van der Waals surface area (Å²) in [6.07, 6.45) is 2.04. The number of furan rings is 1. The van der Waals surface area contributed by atoms with Crippen molar-refractivity contribution < 1.29 is 8.98 Å². The summed E-state index contributed by atoms with van der Waals surface area (Å²) in [4.78, 5) is 0. The molecule has 0 saturated heterocycles. The van der Waals surface area contributed by atoms with Gasteiger partial charge >= 0.3 is 0 Å². The van der Waals surface area contributed by atoms with Crippen LogP contribution in [0.1, 0.15) is 36.5 Å². The number of benzene rings is 2. The Morgan fingerprint density at radius 3 is 2.58 bits per heavy atom. The Bertz CT molecular complexity index is 1190. The maximum absolute atomic E-state index is 9.71. The van der Waals surface area contributed by atoms with E-state index in [0.717, 1.165) is 44.3 Å². The molecule has 0 atom stereocenters. The highest BCUT2D eigenvalue weighted by Gasteiger charge is 2.18. The highest BCUT2D eigenvalue weighted by molar-refractivity contribution is 6.09. The minimum Gasteiger partial charge on any atom is -0.456 e. The van der Waals surface area contributed by atoms with E-state index in [0.29, 0.717) is 11.5 Å². The van der Waals surface area contributed by atoms with Gasteiger partial charge in [-0.05, 0) is 54.3 Å². The van der Waals surface area contributed by atoms with Crippen LogP contribution in [0, 0.1) is 18.3 Å². The molecular weight excluding hydrogens is 320 g/mol. The minimum absolute atomic E-state index is 0.348. The Morgan fingerprint density at radius 1 is 1.08 bits per heavy atom. The average molecular weight is 341 g/mol. The van der Waals surface area contributed by atoms with Gasteiger partial charge in [-0.3, -0.25) is 0 Å². The van der Waals surface area contributed by atoms with Gasteiger partial charge in [-0.25, -0.2) is 4.57 Å². The molecule has 2 aromatic heterocycles. The van der Waals surface area contributed by atoms with Crippen molar-refractivity contribution in [3.8, 4) is 17.3 Å². The Kier molecular flexibility index (Phi) is 3.77.